The quantitative estimate of drug-likeness (QED) is 0.594. The van der Waals surface area contributed by atoms with E-state index in [9.17, 15) is 8.78 Å². The zero-order chi connectivity index (χ0) is 9.57. The van der Waals surface area contributed by atoms with Gasteiger partial charge < -0.3 is 0 Å². The van der Waals surface area contributed by atoms with Gasteiger partial charge in [-0.15, -0.1) is 0 Å². The Bertz CT molecular complexity index is 166. The van der Waals surface area contributed by atoms with Crippen molar-refractivity contribution in [3.05, 3.63) is 0 Å². The lowest BCUT2D eigenvalue weighted by Gasteiger charge is -2.53. The van der Waals surface area contributed by atoms with E-state index in [-0.39, 0.29) is 5.54 Å². The molecule has 1 nitrogen and oxygen atoms in total. The monoisotopic (exact) mass is 177 g/mol. The number of likely N-dealkylation sites (tertiary alicyclic amines) is 1. The predicted molar refractivity (Wildman–Crippen MR) is 45.4 cm³/mol. The minimum Gasteiger partial charge on any atom is -0.297 e. The Balaban J connectivity index is 2.47. The van der Waals surface area contributed by atoms with Gasteiger partial charge in [0, 0.05) is 18.6 Å². The average Bonchev–Trinajstić information content (AvgIpc) is 1.77. The van der Waals surface area contributed by atoms with Crippen molar-refractivity contribution >= 4 is 0 Å². The van der Waals surface area contributed by atoms with Crippen molar-refractivity contribution in [3.63, 3.8) is 0 Å². The lowest BCUT2D eigenvalue weighted by Crippen LogP contribution is -2.64. The Hall–Kier alpha value is -0.180. The second-order valence-electron chi connectivity index (χ2n) is 4.98. The molecule has 0 aromatic carbocycles. The highest BCUT2D eigenvalue weighted by Crippen LogP contribution is 2.39. The van der Waals surface area contributed by atoms with Gasteiger partial charge in [-0.3, -0.25) is 4.90 Å². The SMILES string of the molecule is CC1(C(F)F)CN(C(C)(C)C)C1. The summed E-state index contributed by atoms with van der Waals surface area (Å²) in [5.41, 5.74) is -0.721. The highest BCUT2D eigenvalue weighted by molar-refractivity contribution is 4.98. The standard InChI is InChI=1S/C9H17F2N/c1-8(2,3)12-5-9(4,6-12)7(10)11/h7H,5-6H2,1-4H3. The van der Waals surface area contributed by atoms with Gasteiger partial charge in [0.25, 0.3) is 0 Å². The van der Waals surface area contributed by atoms with Gasteiger partial charge in [-0.1, -0.05) is 6.92 Å². The maximum Gasteiger partial charge on any atom is 0.246 e. The molecule has 1 aliphatic rings. The molecule has 0 aliphatic carbocycles. The molecular weight excluding hydrogens is 160 g/mol. The summed E-state index contributed by atoms with van der Waals surface area (Å²) in [6.45, 7) is 8.86. The van der Waals surface area contributed by atoms with Gasteiger partial charge in [0.15, 0.2) is 0 Å². The summed E-state index contributed by atoms with van der Waals surface area (Å²) in [6, 6.07) is 0. The molecule has 0 aromatic rings. The summed E-state index contributed by atoms with van der Waals surface area (Å²) < 4.78 is 24.8. The zero-order valence-corrected chi connectivity index (χ0v) is 8.19. The second kappa shape index (κ2) is 2.66. The summed E-state index contributed by atoms with van der Waals surface area (Å²) in [5, 5.41) is 0. The van der Waals surface area contributed by atoms with Crippen molar-refractivity contribution in [2.24, 2.45) is 5.41 Å². The Morgan fingerprint density at radius 1 is 1.25 bits per heavy atom. The lowest BCUT2D eigenvalue weighted by molar-refractivity contribution is -0.130. The number of nitrogens with zero attached hydrogens (tertiary/aromatic N) is 1. The Kier molecular flexibility index (Phi) is 2.19. The van der Waals surface area contributed by atoms with Gasteiger partial charge in [0.1, 0.15) is 0 Å². The first-order valence-corrected chi connectivity index (χ1v) is 4.29. The third-order valence-electron chi connectivity index (χ3n) is 2.58. The molecule has 1 heterocycles. The molecule has 0 unspecified atom stereocenters. The Morgan fingerprint density at radius 2 is 1.67 bits per heavy atom. The van der Waals surface area contributed by atoms with Crippen LogP contribution in [-0.2, 0) is 0 Å². The largest absolute Gasteiger partial charge is 0.297 e. The molecule has 1 aliphatic heterocycles. The van der Waals surface area contributed by atoms with Crippen molar-refractivity contribution in [1.29, 1.82) is 0 Å². The van der Waals surface area contributed by atoms with E-state index in [1.54, 1.807) is 6.92 Å². The van der Waals surface area contributed by atoms with Gasteiger partial charge in [0.05, 0.1) is 5.41 Å². The highest BCUT2D eigenvalue weighted by atomic mass is 19.3. The molecule has 0 atom stereocenters. The van der Waals surface area contributed by atoms with Crippen molar-refractivity contribution in [2.45, 2.75) is 39.7 Å². The zero-order valence-electron chi connectivity index (χ0n) is 8.19. The fraction of sp³-hybridized carbons (Fsp3) is 1.00. The first-order chi connectivity index (χ1) is 5.26. The molecule has 0 spiro atoms. The summed E-state index contributed by atoms with van der Waals surface area (Å²) in [5.74, 6) is 0. The molecule has 0 radical (unpaired) electrons. The van der Waals surface area contributed by atoms with E-state index in [1.165, 1.54) is 0 Å². The Morgan fingerprint density at radius 3 is 1.92 bits per heavy atom. The molecule has 1 fully saturated rings. The first-order valence-electron chi connectivity index (χ1n) is 4.29. The van der Waals surface area contributed by atoms with E-state index < -0.39 is 11.8 Å². The van der Waals surface area contributed by atoms with Gasteiger partial charge in [-0.2, -0.15) is 0 Å². The molecule has 0 amide bonds. The topological polar surface area (TPSA) is 3.24 Å². The third-order valence-corrected chi connectivity index (χ3v) is 2.58. The van der Waals surface area contributed by atoms with Crippen molar-refractivity contribution in [2.75, 3.05) is 13.1 Å². The van der Waals surface area contributed by atoms with Crippen LogP contribution in [0.5, 0.6) is 0 Å². The fourth-order valence-electron chi connectivity index (χ4n) is 1.44. The van der Waals surface area contributed by atoms with Crippen LogP contribution in [-0.4, -0.2) is 30.0 Å². The third kappa shape index (κ3) is 1.60. The van der Waals surface area contributed by atoms with E-state index in [0.29, 0.717) is 13.1 Å². The van der Waals surface area contributed by atoms with E-state index in [1.807, 2.05) is 0 Å². The van der Waals surface area contributed by atoms with Gasteiger partial charge in [-0.25, -0.2) is 8.78 Å². The molecule has 0 N–H and O–H groups in total. The van der Waals surface area contributed by atoms with Crippen LogP contribution in [0.2, 0.25) is 0 Å². The predicted octanol–water partition coefficient (Wildman–Crippen LogP) is 2.37. The minimum absolute atomic E-state index is 0.0361. The van der Waals surface area contributed by atoms with Gasteiger partial charge >= 0.3 is 0 Å². The van der Waals surface area contributed by atoms with Crippen LogP contribution >= 0.6 is 0 Å². The molecule has 1 rings (SSSR count). The number of hydrogen-bond donors (Lipinski definition) is 0. The summed E-state index contributed by atoms with van der Waals surface area (Å²) in [6.07, 6.45) is -2.18. The van der Waals surface area contributed by atoms with E-state index >= 15 is 0 Å². The van der Waals surface area contributed by atoms with Crippen molar-refractivity contribution in [3.8, 4) is 0 Å². The Labute approximate surface area is 72.7 Å². The minimum atomic E-state index is -2.18. The second-order valence-corrected chi connectivity index (χ2v) is 4.98. The molecular formula is C9H17F2N. The molecule has 0 saturated carbocycles. The van der Waals surface area contributed by atoms with Crippen LogP contribution in [0.25, 0.3) is 0 Å². The maximum absolute atomic E-state index is 12.4. The summed E-state index contributed by atoms with van der Waals surface area (Å²) in [4.78, 5) is 2.08. The number of alkyl halides is 2. The molecule has 1 saturated heterocycles. The number of halogens is 2. The van der Waals surface area contributed by atoms with Crippen LogP contribution in [0.15, 0.2) is 0 Å². The maximum atomic E-state index is 12.4. The molecule has 72 valence electrons. The average molecular weight is 177 g/mol. The highest BCUT2D eigenvalue weighted by Gasteiger charge is 2.49. The van der Waals surface area contributed by atoms with Crippen LogP contribution < -0.4 is 0 Å². The van der Waals surface area contributed by atoms with Crippen LogP contribution in [0.3, 0.4) is 0 Å². The molecule has 12 heavy (non-hydrogen) atoms. The van der Waals surface area contributed by atoms with Crippen molar-refractivity contribution < 1.29 is 8.78 Å². The smallest absolute Gasteiger partial charge is 0.246 e. The van der Waals surface area contributed by atoms with E-state index in [0.717, 1.165) is 0 Å². The molecule has 0 bridgehead atoms. The molecule has 0 aromatic heterocycles. The van der Waals surface area contributed by atoms with Crippen LogP contribution in [0, 0.1) is 5.41 Å². The first kappa shape index (κ1) is 9.90. The van der Waals surface area contributed by atoms with E-state index in [4.69, 9.17) is 0 Å². The normalized spacial score (nSPS) is 24.2. The number of hydrogen-bond acceptors (Lipinski definition) is 1. The van der Waals surface area contributed by atoms with Crippen LogP contribution in [0.1, 0.15) is 27.7 Å². The number of rotatable bonds is 1. The van der Waals surface area contributed by atoms with Gasteiger partial charge in [-0.05, 0) is 20.8 Å². The molecule has 3 heteroatoms. The summed E-state index contributed by atoms with van der Waals surface area (Å²) in [7, 11) is 0. The van der Waals surface area contributed by atoms with E-state index in [2.05, 4.69) is 25.7 Å². The van der Waals surface area contributed by atoms with Crippen molar-refractivity contribution in [1.82, 2.24) is 4.90 Å². The van der Waals surface area contributed by atoms with Gasteiger partial charge in [0.2, 0.25) is 6.43 Å². The fourth-order valence-corrected chi connectivity index (χ4v) is 1.44. The lowest BCUT2D eigenvalue weighted by atomic mass is 9.79. The van der Waals surface area contributed by atoms with Crippen LogP contribution in [0.4, 0.5) is 8.78 Å². The summed E-state index contributed by atoms with van der Waals surface area (Å²) >= 11 is 0.